The van der Waals surface area contributed by atoms with Crippen LogP contribution in [-0.4, -0.2) is 72.3 Å². The van der Waals surface area contributed by atoms with E-state index >= 15 is 0 Å². The Kier molecular flexibility index (Phi) is 7.18. The van der Waals surface area contributed by atoms with E-state index in [1.165, 1.54) is 35.9 Å². The number of nitrogens with two attached hydrogens (primary N) is 1. The highest BCUT2D eigenvalue weighted by molar-refractivity contribution is 8.00. The molecular formula is C22H23N6O7S2+. The predicted molar refractivity (Wildman–Crippen MR) is 132 cm³/mol. The van der Waals surface area contributed by atoms with Crippen LogP contribution in [0.15, 0.2) is 52.4 Å². The molecule has 0 radical (unpaired) electrons. The number of aliphatic carboxylic acids is 2. The molecule has 5 N–H and O–H groups in total. The number of pyridine rings is 1. The van der Waals surface area contributed by atoms with Crippen LogP contribution < -0.4 is 15.6 Å². The first-order valence-electron chi connectivity index (χ1n) is 10.9. The summed E-state index contributed by atoms with van der Waals surface area (Å²) in [5, 5.41) is 26.3. The number of nitrogen functional groups attached to an aromatic ring is 1. The van der Waals surface area contributed by atoms with Crippen molar-refractivity contribution in [3.8, 4) is 0 Å². The van der Waals surface area contributed by atoms with E-state index in [2.05, 4.69) is 15.5 Å². The maximum Gasteiger partial charge on any atom is 0.352 e. The summed E-state index contributed by atoms with van der Waals surface area (Å²) in [4.78, 5) is 59.9. The average Bonchev–Trinajstić information content (AvgIpc) is 3.28. The van der Waals surface area contributed by atoms with Crippen molar-refractivity contribution in [1.29, 1.82) is 0 Å². The molecule has 37 heavy (non-hydrogen) atoms. The number of rotatable bonds is 9. The van der Waals surface area contributed by atoms with Crippen LogP contribution in [0.3, 0.4) is 0 Å². The standard InChI is InChI=1S/C22H22N6O7S2/c1-22(2,20(33)34)35-26-13(12-10-37-21(23)24-12)16(29)25-14-17(30)28-15(19(31)32)11(9-36-18(14)28)8-27-6-4-3-5-7-27/h3-7,10,14,18H,8-9H2,1-2H3,(H4-,23,24,25,29,31,32,33,34)/p+1/t14?,18-/m0/s1. The first-order chi connectivity index (χ1) is 17.5. The monoisotopic (exact) mass is 547 g/mol. The van der Waals surface area contributed by atoms with Crippen LogP contribution in [-0.2, 0) is 30.6 Å². The van der Waals surface area contributed by atoms with Crippen molar-refractivity contribution < 1.29 is 38.8 Å². The number of carbonyl (C=O) groups is 4. The van der Waals surface area contributed by atoms with E-state index in [4.69, 9.17) is 10.6 Å². The number of anilines is 1. The molecule has 2 amide bonds. The second-order valence-electron chi connectivity index (χ2n) is 8.58. The van der Waals surface area contributed by atoms with Gasteiger partial charge in [-0.15, -0.1) is 23.1 Å². The minimum atomic E-state index is -1.75. The molecule has 15 heteroatoms. The number of carbonyl (C=O) groups excluding carboxylic acids is 2. The number of hydrogen-bond acceptors (Lipinski definition) is 10. The highest BCUT2D eigenvalue weighted by atomic mass is 32.2. The van der Waals surface area contributed by atoms with Crippen LogP contribution in [0.1, 0.15) is 19.5 Å². The number of hydrogen-bond donors (Lipinski definition) is 4. The van der Waals surface area contributed by atoms with Crippen molar-refractivity contribution in [1.82, 2.24) is 15.2 Å². The summed E-state index contributed by atoms with van der Waals surface area (Å²) in [5.41, 5.74) is 4.04. The lowest BCUT2D eigenvalue weighted by Gasteiger charge is -2.49. The van der Waals surface area contributed by atoms with Crippen molar-refractivity contribution in [3.05, 3.63) is 52.9 Å². The van der Waals surface area contributed by atoms with E-state index in [1.807, 2.05) is 22.8 Å². The SMILES string of the molecule is CC(C)(ON=C(C(=O)NC1C(=O)N2C(C(=O)O)=C(C[n+]3ccccc3)CS[C@@H]12)c1csc(N)n1)C(=O)O. The van der Waals surface area contributed by atoms with Crippen LogP contribution in [0.5, 0.6) is 0 Å². The number of carboxylic acids is 2. The number of carboxylic acid groups (broad SMARTS) is 2. The van der Waals surface area contributed by atoms with Crippen LogP contribution in [0.25, 0.3) is 0 Å². The Balaban J connectivity index is 1.55. The molecule has 2 aliphatic heterocycles. The summed E-state index contributed by atoms with van der Waals surface area (Å²) in [6.07, 6.45) is 3.59. The normalized spacial score (nSPS) is 19.7. The van der Waals surface area contributed by atoms with Gasteiger partial charge < -0.3 is 26.1 Å². The van der Waals surface area contributed by atoms with E-state index < -0.39 is 40.8 Å². The van der Waals surface area contributed by atoms with Crippen molar-refractivity contribution >= 4 is 57.7 Å². The van der Waals surface area contributed by atoms with Gasteiger partial charge in [0.15, 0.2) is 29.8 Å². The van der Waals surface area contributed by atoms with E-state index in [-0.39, 0.29) is 22.2 Å². The molecule has 0 aromatic carbocycles. The predicted octanol–water partition coefficient (Wildman–Crippen LogP) is 0.0355. The highest BCUT2D eigenvalue weighted by Gasteiger charge is 2.54. The van der Waals surface area contributed by atoms with Crippen molar-refractivity contribution in [3.63, 3.8) is 0 Å². The van der Waals surface area contributed by atoms with Crippen LogP contribution in [0.4, 0.5) is 5.13 Å². The number of aromatic nitrogens is 2. The second-order valence-corrected chi connectivity index (χ2v) is 10.6. The van der Waals surface area contributed by atoms with E-state index in [9.17, 15) is 29.4 Å². The summed E-state index contributed by atoms with van der Waals surface area (Å²) in [6, 6.07) is 4.44. The number of thioether (sulfide) groups is 1. The molecule has 13 nitrogen and oxygen atoms in total. The summed E-state index contributed by atoms with van der Waals surface area (Å²) in [7, 11) is 0. The van der Waals surface area contributed by atoms with Crippen molar-refractivity contribution in [2.75, 3.05) is 11.5 Å². The third kappa shape index (κ3) is 5.27. The minimum absolute atomic E-state index is 0.0365. The van der Waals surface area contributed by atoms with E-state index in [0.29, 0.717) is 17.9 Å². The first kappa shape index (κ1) is 26.1. The fourth-order valence-corrected chi connectivity index (χ4v) is 5.46. The number of β-lactam (4-membered cyclic amide) rings is 1. The molecule has 0 aliphatic carbocycles. The molecule has 4 heterocycles. The molecule has 1 saturated heterocycles. The van der Waals surface area contributed by atoms with Gasteiger partial charge in [-0.2, -0.15) is 0 Å². The fraction of sp³-hybridized carbons (Fsp3) is 0.318. The highest BCUT2D eigenvalue weighted by Crippen LogP contribution is 2.40. The van der Waals surface area contributed by atoms with Gasteiger partial charge in [-0.1, -0.05) is 11.2 Å². The smallest absolute Gasteiger partial charge is 0.352 e. The lowest BCUT2D eigenvalue weighted by molar-refractivity contribution is -0.689. The van der Waals surface area contributed by atoms with Crippen LogP contribution in [0.2, 0.25) is 0 Å². The minimum Gasteiger partial charge on any atom is -0.478 e. The zero-order valence-corrected chi connectivity index (χ0v) is 21.3. The zero-order valence-electron chi connectivity index (χ0n) is 19.7. The number of amides is 2. The molecule has 0 saturated carbocycles. The lowest BCUT2D eigenvalue weighted by atomic mass is 10.0. The average molecular weight is 548 g/mol. The van der Waals surface area contributed by atoms with Gasteiger partial charge in [0.2, 0.25) is 5.60 Å². The van der Waals surface area contributed by atoms with Gasteiger partial charge in [0.25, 0.3) is 11.8 Å². The van der Waals surface area contributed by atoms with Gasteiger partial charge >= 0.3 is 11.9 Å². The van der Waals surface area contributed by atoms with Crippen molar-refractivity contribution in [2.45, 2.75) is 37.4 Å². The van der Waals surface area contributed by atoms with Crippen molar-refractivity contribution in [2.24, 2.45) is 5.16 Å². The first-order valence-corrected chi connectivity index (χ1v) is 12.8. The Bertz CT molecular complexity index is 1320. The molecule has 2 aromatic heterocycles. The van der Waals surface area contributed by atoms with Gasteiger partial charge in [-0.05, 0) is 13.8 Å². The van der Waals surface area contributed by atoms with Gasteiger partial charge in [0.1, 0.15) is 22.8 Å². The summed E-state index contributed by atoms with van der Waals surface area (Å²) in [5.74, 6) is -3.66. The van der Waals surface area contributed by atoms with Gasteiger partial charge in [-0.3, -0.25) is 14.5 Å². The Morgan fingerprint density at radius 3 is 2.59 bits per heavy atom. The largest absolute Gasteiger partial charge is 0.478 e. The molecular weight excluding hydrogens is 524 g/mol. The van der Waals surface area contributed by atoms with Gasteiger partial charge in [0.05, 0.1) is 0 Å². The van der Waals surface area contributed by atoms with Gasteiger partial charge in [-0.25, -0.2) is 19.1 Å². The molecule has 2 aliphatic rings. The Morgan fingerprint density at radius 1 is 1.30 bits per heavy atom. The quantitative estimate of drug-likeness (QED) is 0.144. The van der Waals surface area contributed by atoms with Crippen LogP contribution in [0, 0.1) is 0 Å². The number of oxime groups is 1. The molecule has 4 rings (SSSR count). The molecule has 2 aromatic rings. The molecule has 0 spiro atoms. The Hall–Kier alpha value is -3.98. The third-order valence-electron chi connectivity index (χ3n) is 5.55. The molecule has 2 atom stereocenters. The number of nitrogens with zero attached hydrogens (tertiary/aromatic N) is 4. The number of nitrogens with one attached hydrogen (secondary N) is 1. The third-order valence-corrected chi connectivity index (χ3v) is 7.56. The molecule has 194 valence electrons. The topological polar surface area (TPSA) is 188 Å². The summed E-state index contributed by atoms with van der Waals surface area (Å²) >= 11 is 2.35. The molecule has 1 fully saturated rings. The van der Waals surface area contributed by atoms with Crippen LogP contribution >= 0.6 is 23.1 Å². The summed E-state index contributed by atoms with van der Waals surface area (Å²) < 4.78 is 1.81. The fourth-order valence-electron chi connectivity index (χ4n) is 3.57. The maximum absolute atomic E-state index is 13.1. The van der Waals surface area contributed by atoms with E-state index in [0.717, 1.165) is 11.3 Å². The van der Waals surface area contributed by atoms with E-state index in [1.54, 1.807) is 12.4 Å². The second kappa shape index (κ2) is 10.2. The van der Waals surface area contributed by atoms with Gasteiger partial charge in [0, 0.05) is 28.8 Å². The Morgan fingerprint density at radius 2 is 2.00 bits per heavy atom. The Labute approximate surface area is 218 Å². The zero-order chi connectivity index (χ0) is 26.9. The summed E-state index contributed by atoms with van der Waals surface area (Å²) in [6.45, 7) is 2.80. The number of fused-ring (bicyclic) bond motifs is 1. The lowest BCUT2D eigenvalue weighted by Crippen LogP contribution is -2.71. The molecule has 1 unspecified atom stereocenters. The molecule has 0 bridgehead atoms. The number of thiazole rings is 1. The maximum atomic E-state index is 13.1.